The molecule has 156 valence electrons. The Balaban J connectivity index is 2.00. The van der Waals surface area contributed by atoms with Crippen LogP contribution in [0, 0.1) is 0 Å². The average molecular weight is 426 g/mol. The van der Waals surface area contributed by atoms with Gasteiger partial charge in [0.1, 0.15) is 17.1 Å². The van der Waals surface area contributed by atoms with E-state index in [-0.39, 0.29) is 33.6 Å². The molecule has 1 aliphatic carbocycles. The maximum atomic E-state index is 12.1. The minimum Gasteiger partial charge on any atom is -0.507 e. The van der Waals surface area contributed by atoms with E-state index < -0.39 is 11.9 Å². The molecule has 0 saturated carbocycles. The molecule has 3 aromatic rings. The van der Waals surface area contributed by atoms with Gasteiger partial charge in [-0.25, -0.2) is 9.59 Å². The summed E-state index contributed by atoms with van der Waals surface area (Å²) in [6.45, 7) is 0. The summed E-state index contributed by atoms with van der Waals surface area (Å²) in [7, 11) is 0. The number of hydrogen-bond donors (Lipinski definition) is 3. The molecule has 5 rings (SSSR count). The molecule has 0 atom stereocenters. The minimum absolute atomic E-state index is 0.0517. The summed E-state index contributed by atoms with van der Waals surface area (Å²) < 4.78 is 6.07. The Morgan fingerprint density at radius 2 is 1.50 bits per heavy atom. The number of hydrogen-bond acceptors (Lipinski definition) is 5. The Labute approximate surface area is 179 Å². The zero-order chi connectivity index (χ0) is 22.6. The van der Waals surface area contributed by atoms with Gasteiger partial charge in [0.15, 0.2) is 5.43 Å². The van der Waals surface area contributed by atoms with Gasteiger partial charge in [-0.05, 0) is 48.0 Å². The fraction of sp³-hybridized carbons (Fsp3) is 0. The molecular weight excluding hydrogens is 412 g/mol. The molecule has 0 bridgehead atoms. The van der Waals surface area contributed by atoms with E-state index in [2.05, 4.69) is 0 Å². The molecule has 3 N–H and O–H groups in total. The van der Waals surface area contributed by atoms with Crippen molar-refractivity contribution >= 4 is 33.7 Å². The van der Waals surface area contributed by atoms with Gasteiger partial charge < -0.3 is 19.7 Å². The van der Waals surface area contributed by atoms with E-state index in [1.807, 2.05) is 0 Å². The van der Waals surface area contributed by atoms with Crippen LogP contribution in [0.1, 0.15) is 20.7 Å². The monoisotopic (exact) mass is 426 g/mol. The van der Waals surface area contributed by atoms with Crippen LogP contribution in [0.3, 0.4) is 0 Å². The molecule has 0 amide bonds. The molecule has 7 heteroatoms. The van der Waals surface area contributed by atoms with Crippen LogP contribution in [0.5, 0.6) is 5.75 Å². The first-order valence-electron chi connectivity index (χ1n) is 9.57. The van der Waals surface area contributed by atoms with Crippen LogP contribution in [0.15, 0.2) is 75.9 Å². The second-order valence-corrected chi connectivity index (χ2v) is 7.32. The van der Waals surface area contributed by atoms with Crippen molar-refractivity contribution in [2.75, 3.05) is 0 Å². The van der Waals surface area contributed by atoms with Gasteiger partial charge in [-0.3, -0.25) is 4.79 Å². The van der Waals surface area contributed by atoms with Crippen LogP contribution in [0.2, 0.25) is 0 Å². The lowest BCUT2D eigenvalue weighted by Gasteiger charge is -2.18. The number of aromatic hydroxyl groups is 1. The number of phenols is 1. The third-order valence-electron chi connectivity index (χ3n) is 5.46. The smallest absolute Gasteiger partial charge is 0.336 e. The number of carbonyl (C=O) groups is 2. The lowest BCUT2D eigenvalue weighted by Crippen LogP contribution is -2.06. The van der Waals surface area contributed by atoms with Crippen LogP contribution in [0.25, 0.3) is 44.2 Å². The first-order chi connectivity index (χ1) is 15.3. The highest BCUT2D eigenvalue weighted by molar-refractivity contribution is 6.15. The molecule has 32 heavy (non-hydrogen) atoms. The Hall–Kier alpha value is -4.65. The molecular formula is C25H14O7. The van der Waals surface area contributed by atoms with Gasteiger partial charge in [-0.15, -0.1) is 0 Å². The Morgan fingerprint density at radius 1 is 0.750 bits per heavy atom. The SMILES string of the molecule is O=C(O)c1ccc(-c2c3ccc(=O)cc-3oc3c2ccc2c(O)cccc23)c(C(=O)O)c1. The van der Waals surface area contributed by atoms with Crippen LogP contribution in [0.4, 0.5) is 0 Å². The number of benzene rings is 4. The number of rotatable bonds is 3. The van der Waals surface area contributed by atoms with Gasteiger partial charge in [-0.1, -0.05) is 18.2 Å². The van der Waals surface area contributed by atoms with Crippen LogP contribution in [-0.4, -0.2) is 27.3 Å². The summed E-state index contributed by atoms with van der Waals surface area (Å²) in [6, 6.07) is 16.5. The normalized spacial score (nSPS) is 11.2. The Bertz CT molecular complexity index is 1610. The van der Waals surface area contributed by atoms with Gasteiger partial charge in [0.2, 0.25) is 0 Å². The first kappa shape index (κ1) is 19.3. The van der Waals surface area contributed by atoms with Crippen molar-refractivity contribution in [1.29, 1.82) is 0 Å². The van der Waals surface area contributed by atoms with E-state index in [0.29, 0.717) is 32.9 Å². The van der Waals surface area contributed by atoms with E-state index in [0.717, 1.165) is 6.07 Å². The molecule has 0 unspecified atom stereocenters. The number of carboxylic acids is 2. The van der Waals surface area contributed by atoms with Crippen molar-refractivity contribution in [2.24, 2.45) is 0 Å². The summed E-state index contributed by atoms with van der Waals surface area (Å²) in [5, 5.41) is 31.1. The van der Waals surface area contributed by atoms with Crippen LogP contribution < -0.4 is 5.43 Å². The molecule has 3 aromatic carbocycles. The van der Waals surface area contributed by atoms with Crippen molar-refractivity contribution in [3.05, 3.63) is 88.1 Å². The van der Waals surface area contributed by atoms with E-state index >= 15 is 0 Å². The number of aromatic carboxylic acids is 2. The molecule has 0 radical (unpaired) electrons. The topological polar surface area (TPSA) is 125 Å². The fourth-order valence-electron chi connectivity index (χ4n) is 4.03. The standard InChI is InChI=1S/C25H14O7/c26-13-5-7-17-21(11-13)32-23-16-2-1-3-20(27)14(16)8-9-18(23)22(17)15-6-4-12(24(28)29)10-19(15)25(30)31/h1-11,27H,(H,28,29)(H,30,31). The second-order valence-electron chi connectivity index (χ2n) is 7.32. The Kier molecular flexibility index (Phi) is 4.20. The summed E-state index contributed by atoms with van der Waals surface area (Å²) in [5.41, 5.74) is 1.01. The summed E-state index contributed by atoms with van der Waals surface area (Å²) >= 11 is 0. The van der Waals surface area contributed by atoms with Crippen molar-refractivity contribution in [3.63, 3.8) is 0 Å². The van der Waals surface area contributed by atoms with Gasteiger partial charge >= 0.3 is 11.9 Å². The van der Waals surface area contributed by atoms with Crippen molar-refractivity contribution in [1.82, 2.24) is 0 Å². The average Bonchev–Trinajstić information content (AvgIpc) is 2.77. The fourth-order valence-corrected chi connectivity index (χ4v) is 4.03. The van der Waals surface area contributed by atoms with Crippen molar-refractivity contribution < 1.29 is 29.3 Å². The Morgan fingerprint density at radius 3 is 2.25 bits per heavy atom. The van der Waals surface area contributed by atoms with E-state index in [1.54, 1.807) is 36.4 Å². The highest BCUT2D eigenvalue weighted by Gasteiger charge is 2.23. The zero-order valence-corrected chi connectivity index (χ0v) is 16.3. The molecule has 7 nitrogen and oxygen atoms in total. The number of fused-ring (bicyclic) bond motifs is 4. The van der Waals surface area contributed by atoms with Gasteiger partial charge in [0.05, 0.1) is 11.1 Å². The highest BCUT2D eigenvalue weighted by Crippen LogP contribution is 2.44. The molecule has 0 aromatic heterocycles. The van der Waals surface area contributed by atoms with E-state index in [9.17, 15) is 29.7 Å². The third-order valence-corrected chi connectivity index (χ3v) is 5.46. The summed E-state index contributed by atoms with van der Waals surface area (Å²) in [5.74, 6) is -2.23. The second kappa shape index (κ2) is 6.95. The van der Waals surface area contributed by atoms with Crippen molar-refractivity contribution in [2.45, 2.75) is 0 Å². The van der Waals surface area contributed by atoms with E-state index in [1.165, 1.54) is 24.3 Å². The maximum Gasteiger partial charge on any atom is 0.336 e. The number of phenolic OH excluding ortho intramolecular Hbond substituents is 1. The quantitative estimate of drug-likeness (QED) is 0.279. The molecule has 0 fully saturated rings. The largest absolute Gasteiger partial charge is 0.507 e. The molecule has 2 aliphatic rings. The molecule has 1 heterocycles. The predicted octanol–water partition coefficient (Wildman–Crippen LogP) is 4.82. The number of carboxylic acid groups (broad SMARTS) is 2. The summed E-state index contributed by atoms with van der Waals surface area (Å²) in [6.07, 6.45) is 0. The molecule has 0 spiro atoms. The maximum absolute atomic E-state index is 12.1. The van der Waals surface area contributed by atoms with Crippen molar-refractivity contribution in [3.8, 4) is 28.2 Å². The minimum atomic E-state index is -1.29. The van der Waals surface area contributed by atoms with E-state index in [4.69, 9.17) is 4.42 Å². The van der Waals surface area contributed by atoms with Crippen LogP contribution >= 0.6 is 0 Å². The van der Waals surface area contributed by atoms with Gasteiger partial charge in [-0.2, -0.15) is 0 Å². The lowest BCUT2D eigenvalue weighted by molar-refractivity contribution is 0.0696. The molecule has 1 aliphatic heterocycles. The van der Waals surface area contributed by atoms with Crippen LogP contribution in [-0.2, 0) is 0 Å². The summed E-state index contributed by atoms with van der Waals surface area (Å²) in [4.78, 5) is 35.5. The van der Waals surface area contributed by atoms with Gasteiger partial charge in [0.25, 0.3) is 0 Å². The molecule has 0 saturated heterocycles. The lowest BCUT2D eigenvalue weighted by atomic mass is 9.89. The highest BCUT2D eigenvalue weighted by atomic mass is 16.4. The zero-order valence-electron chi connectivity index (χ0n) is 16.3. The van der Waals surface area contributed by atoms with Gasteiger partial charge in [0, 0.05) is 33.4 Å². The predicted molar refractivity (Wildman–Crippen MR) is 118 cm³/mol. The first-order valence-corrected chi connectivity index (χ1v) is 9.57. The third kappa shape index (κ3) is 2.87.